The molecule has 3 rings (SSSR count). The van der Waals surface area contributed by atoms with Gasteiger partial charge in [0.15, 0.2) is 0 Å². The largest absolute Gasteiger partial charge is 0.416 e. The molecular weight excluding hydrogens is 419 g/mol. The number of carbonyl (C=O) groups excluding carboxylic acids is 2. The molecule has 0 unspecified atom stereocenters. The van der Waals surface area contributed by atoms with Crippen LogP contribution >= 0.6 is 11.6 Å². The molecule has 0 bridgehead atoms. The maximum absolute atomic E-state index is 12.8. The van der Waals surface area contributed by atoms with E-state index in [2.05, 4.69) is 5.32 Å². The van der Waals surface area contributed by atoms with Gasteiger partial charge in [0.1, 0.15) is 0 Å². The SMILES string of the molecule is O=C(CN1CCN(C(=O)Cc2cccc(C(F)(F)F)c2)CC1)Nc1ccccc1Cl. The average molecular weight is 440 g/mol. The first-order valence-corrected chi connectivity index (χ1v) is 9.81. The number of carbonyl (C=O) groups is 2. The molecule has 160 valence electrons. The number of amides is 2. The van der Waals surface area contributed by atoms with E-state index in [9.17, 15) is 22.8 Å². The lowest BCUT2D eigenvalue weighted by Crippen LogP contribution is -2.50. The van der Waals surface area contributed by atoms with Crippen molar-refractivity contribution in [2.45, 2.75) is 12.6 Å². The molecule has 0 radical (unpaired) electrons. The van der Waals surface area contributed by atoms with Crippen LogP contribution in [0.25, 0.3) is 0 Å². The van der Waals surface area contributed by atoms with E-state index in [4.69, 9.17) is 11.6 Å². The number of hydrogen-bond donors (Lipinski definition) is 1. The molecule has 0 spiro atoms. The maximum Gasteiger partial charge on any atom is 0.416 e. The zero-order chi connectivity index (χ0) is 21.7. The number of hydrogen-bond acceptors (Lipinski definition) is 3. The van der Waals surface area contributed by atoms with Crippen LogP contribution in [0.2, 0.25) is 5.02 Å². The van der Waals surface area contributed by atoms with Crippen LogP contribution in [0, 0.1) is 0 Å². The summed E-state index contributed by atoms with van der Waals surface area (Å²) in [5.41, 5.74) is 0.109. The zero-order valence-electron chi connectivity index (χ0n) is 16.1. The maximum atomic E-state index is 12.8. The van der Waals surface area contributed by atoms with Crippen molar-refractivity contribution in [3.8, 4) is 0 Å². The zero-order valence-corrected chi connectivity index (χ0v) is 16.8. The summed E-state index contributed by atoms with van der Waals surface area (Å²) in [6.07, 6.45) is -4.52. The number of alkyl halides is 3. The first-order valence-electron chi connectivity index (χ1n) is 9.43. The fraction of sp³-hybridized carbons (Fsp3) is 0.333. The molecule has 2 amide bonds. The van der Waals surface area contributed by atoms with Crippen molar-refractivity contribution in [3.05, 3.63) is 64.7 Å². The number of benzene rings is 2. The van der Waals surface area contributed by atoms with Crippen LogP contribution in [0.4, 0.5) is 18.9 Å². The molecule has 1 N–H and O–H groups in total. The van der Waals surface area contributed by atoms with Gasteiger partial charge in [-0.25, -0.2) is 0 Å². The first kappa shape index (κ1) is 22.1. The Bertz CT molecular complexity index is 912. The van der Waals surface area contributed by atoms with Gasteiger partial charge in [-0.2, -0.15) is 13.2 Å². The van der Waals surface area contributed by atoms with Gasteiger partial charge in [0, 0.05) is 26.2 Å². The van der Waals surface area contributed by atoms with Gasteiger partial charge in [0.2, 0.25) is 11.8 Å². The minimum absolute atomic E-state index is 0.0864. The molecule has 0 saturated carbocycles. The minimum atomic E-state index is -4.44. The van der Waals surface area contributed by atoms with Gasteiger partial charge < -0.3 is 10.2 Å². The van der Waals surface area contributed by atoms with Gasteiger partial charge in [-0.15, -0.1) is 0 Å². The van der Waals surface area contributed by atoms with E-state index >= 15 is 0 Å². The summed E-state index contributed by atoms with van der Waals surface area (Å²) >= 11 is 6.03. The van der Waals surface area contributed by atoms with Crippen LogP contribution in [-0.4, -0.2) is 54.3 Å². The van der Waals surface area contributed by atoms with Crippen molar-refractivity contribution >= 4 is 29.1 Å². The third-order valence-electron chi connectivity index (χ3n) is 4.85. The summed E-state index contributed by atoms with van der Waals surface area (Å²) < 4.78 is 38.5. The summed E-state index contributed by atoms with van der Waals surface area (Å²) in [6.45, 7) is 2.00. The van der Waals surface area contributed by atoms with Gasteiger partial charge in [0.05, 0.1) is 29.2 Å². The second kappa shape index (κ2) is 9.49. The highest BCUT2D eigenvalue weighted by molar-refractivity contribution is 6.33. The molecule has 1 fully saturated rings. The van der Waals surface area contributed by atoms with Crippen molar-refractivity contribution in [2.75, 3.05) is 38.0 Å². The second-order valence-corrected chi connectivity index (χ2v) is 7.47. The molecule has 2 aromatic rings. The van der Waals surface area contributed by atoms with Crippen LogP contribution < -0.4 is 5.32 Å². The lowest BCUT2D eigenvalue weighted by molar-refractivity contribution is -0.138. The Morgan fingerprint density at radius 2 is 1.70 bits per heavy atom. The number of halogens is 4. The molecule has 30 heavy (non-hydrogen) atoms. The summed E-state index contributed by atoms with van der Waals surface area (Å²) in [5, 5.41) is 3.21. The minimum Gasteiger partial charge on any atom is -0.340 e. The van der Waals surface area contributed by atoms with E-state index in [1.165, 1.54) is 12.1 Å². The number of nitrogens with zero attached hydrogens (tertiary/aromatic N) is 2. The average Bonchev–Trinajstić information content (AvgIpc) is 2.70. The molecule has 1 aliphatic heterocycles. The van der Waals surface area contributed by atoms with Gasteiger partial charge in [-0.05, 0) is 23.8 Å². The quantitative estimate of drug-likeness (QED) is 0.773. The van der Waals surface area contributed by atoms with Gasteiger partial charge in [-0.1, -0.05) is 41.9 Å². The number of para-hydroxylation sites is 1. The Labute approximate surface area is 177 Å². The van der Waals surface area contributed by atoms with E-state index in [1.54, 1.807) is 29.2 Å². The summed E-state index contributed by atoms with van der Waals surface area (Å²) in [7, 11) is 0. The molecule has 0 aliphatic carbocycles. The fourth-order valence-electron chi connectivity index (χ4n) is 3.25. The summed E-state index contributed by atoms with van der Waals surface area (Å²) in [5.74, 6) is -0.429. The van der Waals surface area contributed by atoms with Crippen molar-refractivity contribution in [2.24, 2.45) is 0 Å². The van der Waals surface area contributed by atoms with E-state index in [0.717, 1.165) is 12.1 Å². The third-order valence-corrected chi connectivity index (χ3v) is 5.18. The van der Waals surface area contributed by atoms with Gasteiger partial charge in [-0.3, -0.25) is 14.5 Å². The molecule has 1 heterocycles. The Balaban J connectivity index is 1.47. The van der Waals surface area contributed by atoms with Crippen molar-refractivity contribution in [3.63, 3.8) is 0 Å². The smallest absolute Gasteiger partial charge is 0.340 e. The molecule has 5 nitrogen and oxygen atoms in total. The number of piperazine rings is 1. The number of rotatable bonds is 5. The second-order valence-electron chi connectivity index (χ2n) is 7.06. The molecule has 9 heteroatoms. The van der Waals surface area contributed by atoms with Crippen molar-refractivity contribution in [1.82, 2.24) is 9.80 Å². The van der Waals surface area contributed by atoms with Crippen LogP contribution in [0.1, 0.15) is 11.1 Å². The predicted molar refractivity (Wildman–Crippen MR) is 108 cm³/mol. The molecule has 0 atom stereocenters. The highest BCUT2D eigenvalue weighted by Crippen LogP contribution is 2.29. The van der Waals surface area contributed by atoms with Crippen molar-refractivity contribution in [1.29, 1.82) is 0 Å². The van der Waals surface area contributed by atoms with Gasteiger partial charge in [0.25, 0.3) is 0 Å². The highest BCUT2D eigenvalue weighted by atomic mass is 35.5. The Morgan fingerprint density at radius 1 is 1.00 bits per heavy atom. The predicted octanol–water partition coefficient (Wildman–Crippen LogP) is 3.68. The van der Waals surface area contributed by atoms with E-state index in [-0.39, 0.29) is 24.8 Å². The van der Waals surface area contributed by atoms with Crippen LogP contribution in [0.3, 0.4) is 0 Å². The monoisotopic (exact) mass is 439 g/mol. The first-order chi connectivity index (χ1) is 14.2. The topological polar surface area (TPSA) is 52.7 Å². The Hall–Kier alpha value is -2.58. The fourth-order valence-corrected chi connectivity index (χ4v) is 3.44. The van der Waals surface area contributed by atoms with E-state index in [1.807, 2.05) is 4.90 Å². The summed E-state index contributed by atoms with van der Waals surface area (Å²) in [6, 6.07) is 11.8. The lowest BCUT2D eigenvalue weighted by Gasteiger charge is -2.34. The molecule has 2 aromatic carbocycles. The summed E-state index contributed by atoms with van der Waals surface area (Å²) in [4.78, 5) is 28.2. The van der Waals surface area contributed by atoms with E-state index in [0.29, 0.717) is 42.5 Å². The van der Waals surface area contributed by atoms with Crippen molar-refractivity contribution < 1.29 is 22.8 Å². The lowest BCUT2D eigenvalue weighted by atomic mass is 10.1. The Morgan fingerprint density at radius 3 is 2.37 bits per heavy atom. The van der Waals surface area contributed by atoms with Crippen LogP contribution in [0.15, 0.2) is 48.5 Å². The highest BCUT2D eigenvalue weighted by Gasteiger charge is 2.30. The molecule has 0 aromatic heterocycles. The van der Waals surface area contributed by atoms with Crippen LogP contribution in [-0.2, 0) is 22.2 Å². The molecular formula is C21H21ClF3N3O2. The standard InChI is InChI=1S/C21H21ClF3N3O2/c22-17-6-1-2-7-18(17)26-19(29)14-27-8-10-28(11-9-27)20(30)13-15-4-3-5-16(12-15)21(23,24)25/h1-7,12H,8-11,13-14H2,(H,26,29). The molecule has 1 aliphatic rings. The number of anilines is 1. The third kappa shape index (κ3) is 5.96. The van der Waals surface area contributed by atoms with Crippen LogP contribution in [0.5, 0.6) is 0 Å². The van der Waals surface area contributed by atoms with E-state index < -0.39 is 11.7 Å². The molecule has 1 saturated heterocycles. The van der Waals surface area contributed by atoms with Gasteiger partial charge >= 0.3 is 6.18 Å². The number of nitrogens with one attached hydrogen (secondary N) is 1. The normalized spacial score (nSPS) is 15.1. The Kier molecular flexibility index (Phi) is 6.99.